The van der Waals surface area contributed by atoms with Crippen molar-refractivity contribution in [2.24, 2.45) is 0 Å². The predicted molar refractivity (Wildman–Crippen MR) is 149 cm³/mol. The number of carboxylic acid groups (broad SMARTS) is 1. The Balaban J connectivity index is 1.32. The first kappa shape index (κ1) is 27.3. The molecule has 9 nitrogen and oxygen atoms in total. The molecule has 2 N–H and O–H groups in total. The molecule has 0 atom stereocenters. The first-order valence-corrected chi connectivity index (χ1v) is 13.6. The Labute approximate surface area is 227 Å². The molecule has 0 bridgehead atoms. The Morgan fingerprint density at radius 3 is 2.62 bits per heavy atom. The fourth-order valence-corrected chi connectivity index (χ4v) is 5.06. The third-order valence-electron chi connectivity index (χ3n) is 6.75. The van der Waals surface area contributed by atoms with E-state index in [0.717, 1.165) is 66.2 Å². The Kier molecular flexibility index (Phi) is 9.04. The van der Waals surface area contributed by atoms with Crippen molar-refractivity contribution in [1.82, 2.24) is 24.3 Å². The molecule has 1 fully saturated rings. The van der Waals surface area contributed by atoms with Crippen LogP contribution in [0.2, 0.25) is 0 Å². The summed E-state index contributed by atoms with van der Waals surface area (Å²) < 4.78 is 8.98. The fourth-order valence-electron chi connectivity index (χ4n) is 4.68. The van der Waals surface area contributed by atoms with Crippen molar-refractivity contribution < 1.29 is 14.6 Å². The van der Waals surface area contributed by atoms with Gasteiger partial charge in [0.25, 0.3) is 0 Å². The van der Waals surface area contributed by atoms with Gasteiger partial charge in [-0.1, -0.05) is 18.2 Å². The van der Waals surface area contributed by atoms with Gasteiger partial charge in [-0.3, -0.25) is 4.57 Å². The van der Waals surface area contributed by atoms with E-state index in [0.29, 0.717) is 25.9 Å². The molecular weight excluding hydrogens is 536 g/mol. The summed E-state index contributed by atoms with van der Waals surface area (Å²) in [7, 11) is 0. The van der Waals surface area contributed by atoms with E-state index in [4.69, 9.17) is 9.72 Å². The summed E-state index contributed by atoms with van der Waals surface area (Å²) in [6.07, 6.45) is 1.82. The largest absolute Gasteiger partial charge is 0.465 e. The monoisotopic (exact) mass is 572 g/mol. The maximum absolute atomic E-state index is 11.6. The van der Waals surface area contributed by atoms with E-state index in [-0.39, 0.29) is 0 Å². The summed E-state index contributed by atoms with van der Waals surface area (Å²) in [6, 6.07) is 14.3. The molecule has 3 aromatic rings. The summed E-state index contributed by atoms with van der Waals surface area (Å²) in [5.41, 5.74) is 2.57. The number of para-hydroxylation sites is 2. The lowest BCUT2D eigenvalue weighted by Gasteiger charge is -2.37. The van der Waals surface area contributed by atoms with E-state index in [1.807, 2.05) is 57.2 Å². The molecule has 0 radical (unpaired) electrons. The van der Waals surface area contributed by atoms with Gasteiger partial charge in [0.1, 0.15) is 11.3 Å². The molecule has 200 valence electrons. The Morgan fingerprint density at radius 2 is 1.92 bits per heavy atom. The van der Waals surface area contributed by atoms with Gasteiger partial charge >= 0.3 is 6.09 Å². The number of fused-ring (bicyclic) bond motifs is 1. The van der Waals surface area contributed by atoms with Crippen molar-refractivity contribution in [3.05, 3.63) is 52.8 Å². The zero-order valence-corrected chi connectivity index (χ0v) is 23.4. The topological polar surface area (TPSA) is 95.8 Å². The zero-order valence-electron chi connectivity index (χ0n) is 21.9. The lowest BCUT2D eigenvalue weighted by atomic mass is 10.0. The maximum Gasteiger partial charge on any atom is 0.407 e. The van der Waals surface area contributed by atoms with Crippen LogP contribution in [0.15, 0.2) is 47.1 Å². The van der Waals surface area contributed by atoms with Crippen molar-refractivity contribution in [3.8, 4) is 0 Å². The van der Waals surface area contributed by atoms with Gasteiger partial charge in [-0.05, 0) is 73.8 Å². The van der Waals surface area contributed by atoms with Crippen LogP contribution in [0.5, 0.6) is 0 Å². The van der Waals surface area contributed by atoms with Gasteiger partial charge < -0.3 is 25.0 Å². The number of hydrogen-bond acceptors (Lipinski definition) is 6. The number of carbonyl (C=O) groups is 1. The number of amides is 1. The van der Waals surface area contributed by atoms with Crippen LogP contribution < -0.4 is 5.32 Å². The molecule has 0 unspecified atom stereocenters. The standard InChI is InChI=1S/C27H37BrN6O3/c1-27(2,3)34(26(35)36)17-16-32-14-11-21(12-15-32)30-25-31-22-8-4-5-9-23(22)33(25)19-37-18-13-20-7-6-10-24(28)29-20/h4-10,21H,11-19H2,1-3H3,(H,30,31)(H,35,36). The molecule has 2 aromatic heterocycles. The molecule has 1 amide bonds. The van der Waals surface area contributed by atoms with Gasteiger partial charge in [0.2, 0.25) is 5.95 Å². The summed E-state index contributed by atoms with van der Waals surface area (Å²) in [4.78, 5) is 24.8. The van der Waals surface area contributed by atoms with Crippen LogP contribution in [-0.2, 0) is 17.9 Å². The molecule has 1 aromatic carbocycles. The van der Waals surface area contributed by atoms with Crippen LogP contribution in [0.4, 0.5) is 10.7 Å². The van der Waals surface area contributed by atoms with E-state index >= 15 is 0 Å². The predicted octanol–water partition coefficient (Wildman–Crippen LogP) is 5.07. The number of nitrogens with zero attached hydrogens (tertiary/aromatic N) is 5. The SMILES string of the molecule is CC(C)(C)N(CCN1CCC(Nc2nc3ccccc3n2COCCc2cccc(Br)n2)CC1)C(=O)O. The van der Waals surface area contributed by atoms with Crippen molar-refractivity contribution in [2.75, 3.05) is 38.1 Å². The van der Waals surface area contributed by atoms with Crippen molar-refractivity contribution in [1.29, 1.82) is 0 Å². The number of benzene rings is 1. The molecule has 3 heterocycles. The normalized spacial score (nSPS) is 15.2. The molecule has 10 heteroatoms. The summed E-state index contributed by atoms with van der Waals surface area (Å²) in [5.74, 6) is 0.824. The number of imidazole rings is 1. The average molecular weight is 574 g/mol. The zero-order chi connectivity index (χ0) is 26.4. The number of rotatable bonds is 10. The molecule has 37 heavy (non-hydrogen) atoms. The second-order valence-electron chi connectivity index (χ2n) is 10.5. The van der Waals surface area contributed by atoms with Crippen LogP contribution >= 0.6 is 15.9 Å². The second kappa shape index (κ2) is 12.2. The second-order valence-corrected chi connectivity index (χ2v) is 11.3. The Bertz CT molecular complexity index is 1190. The lowest BCUT2D eigenvalue weighted by Crippen LogP contribution is -2.49. The van der Waals surface area contributed by atoms with Crippen molar-refractivity contribution in [3.63, 3.8) is 0 Å². The number of hydrogen-bond donors (Lipinski definition) is 2. The van der Waals surface area contributed by atoms with Crippen molar-refractivity contribution in [2.45, 2.75) is 58.3 Å². The first-order valence-electron chi connectivity index (χ1n) is 12.8. The number of aromatic nitrogens is 3. The van der Waals surface area contributed by atoms with Gasteiger partial charge in [0.05, 0.1) is 17.6 Å². The molecular formula is C27H37BrN6O3. The summed E-state index contributed by atoms with van der Waals surface area (Å²) in [6.45, 7) is 9.88. The molecule has 1 aliphatic rings. The highest BCUT2D eigenvalue weighted by atomic mass is 79.9. The number of likely N-dealkylation sites (tertiary alicyclic amines) is 1. The summed E-state index contributed by atoms with van der Waals surface area (Å²) in [5, 5.41) is 13.2. The molecule has 0 aliphatic carbocycles. The number of pyridine rings is 1. The van der Waals surface area contributed by atoms with Gasteiger partial charge in [-0.25, -0.2) is 14.8 Å². The highest BCUT2D eigenvalue weighted by Crippen LogP contribution is 2.23. The number of halogens is 1. The van der Waals surface area contributed by atoms with Gasteiger partial charge in [0, 0.05) is 49.9 Å². The highest BCUT2D eigenvalue weighted by Gasteiger charge is 2.27. The fraction of sp³-hybridized carbons (Fsp3) is 0.519. The number of nitrogens with one attached hydrogen (secondary N) is 1. The quantitative estimate of drug-likeness (QED) is 0.259. The minimum absolute atomic E-state index is 0.302. The van der Waals surface area contributed by atoms with Crippen LogP contribution in [-0.4, -0.2) is 79.9 Å². The molecule has 0 spiro atoms. The summed E-state index contributed by atoms with van der Waals surface area (Å²) >= 11 is 3.42. The van der Waals surface area contributed by atoms with Crippen molar-refractivity contribution >= 4 is 39.0 Å². The molecule has 1 aliphatic heterocycles. The maximum atomic E-state index is 11.6. The van der Waals surface area contributed by atoms with E-state index in [9.17, 15) is 9.90 Å². The van der Waals surface area contributed by atoms with E-state index in [1.54, 1.807) is 0 Å². The molecule has 1 saturated heterocycles. The Morgan fingerprint density at radius 1 is 1.16 bits per heavy atom. The lowest BCUT2D eigenvalue weighted by molar-refractivity contribution is 0.0821. The van der Waals surface area contributed by atoms with E-state index < -0.39 is 11.6 Å². The van der Waals surface area contributed by atoms with Gasteiger partial charge in [0.15, 0.2) is 0 Å². The Hall–Kier alpha value is -2.69. The van der Waals surface area contributed by atoms with Gasteiger partial charge in [-0.2, -0.15) is 0 Å². The molecule has 0 saturated carbocycles. The number of piperidine rings is 1. The third kappa shape index (κ3) is 7.43. The highest BCUT2D eigenvalue weighted by molar-refractivity contribution is 9.10. The van der Waals surface area contributed by atoms with E-state index in [2.05, 4.69) is 41.8 Å². The van der Waals surface area contributed by atoms with E-state index in [1.165, 1.54) is 4.90 Å². The molecule has 4 rings (SSSR count). The van der Waals surface area contributed by atoms with Gasteiger partial charge in [-0.15, -0.1) is 0 Å². The minimum Gasteiger partial charge on any atom is -0.465 e. The van der Waals surface area contributed by atoms with Crippen LogP contribution in [0, 0.1) is 0 Å². The van der Waals surface area contributed by atoms with Crippen LogP contribution in [0.3, 0.4) is 0 Å². The smallest absolute Gasteiger partial charge is 0.407 e. The van der Waals surface area contributed by atoms with Crippen LogP contribution in [0.25, 0.3) is 11.0 Å². The van der Waals surface area contributed by atoms with Crippen LogP contribution in [0.1, 0.15) is 39.3 Å². The first-order chi connectivity index (χ1) is 17.7. The minimum atomic E-state index is -0.863. The number of anilines is 1. The average Bonchev–Trinajstić information content (AvgIpc) is 3.19. The third-order valence-corrected chi connectivity index (χ3v) is 7.19. The number of ether oxygens (including phenoxy) is 1.